The van der Waals surface area contributed by atoms with E-state index in [4.69, 9.17) is 5.73 Å². The number of carbonyl (C=O) groups is 1. The Balaban J connectivity index is 3.03. The summed E-state index contributed by atoms with van der Waals surface area (Å²) in [5.41, 5.74) is 6.95. The Morgan fingerprint density at radius 1 is 1.29 bits per heavy atom. The monoisotopic (exact) mass is 191 g/mol. The molecule has 0 saturated carbocycles. The minimum Gasteiger partial charge on any atom is -0.399 e. The lowest BCUT2D eigenvalue weighted by molar-refractivity contribution is -0.123. The Morgan fingerprint density at radius 2 is 1.79 bits per heavy atom. The first-order chi connectivity index (χ1) is 6.48. The summed E-state index contributed by atoms with van der Waals surface area (Å²) in [6.45, 7) is 5.79. The molecule has 1 aromatic rings. The smallest absolute Gasteiger partial charge is 0.142 e. The van der Waals surface area contributed by atoms with Gasteiger partial charge in [0, 0.05) is 17.5 Å². The molecule has 0 radical (unpaired) electrons. The average molecular weight is 191 g/mol. The van der Waals surface area contributed by atoms with Gasteiger partial charge in [-0.3, -0.25) is 4.79 Å². The standard InChI is InChI=1S/C12H17NO/c1-4-11(14)12(2,3)9-5-7-10(13)8-6-9/h5-8H,4,13H2,1-3H3. The van der Waals surface area contributed by atoms with E-state index in [1.807, 2.05) is 45.0 Å². The predicted octanol–water partition coefficient (Wildman–Crippen LogP) is 2.53. The molecule has 14 heavy (non-hydrogen) atoms. The van der Waals surface area contributed by atoms with Crippen molar-refractivity contribution in [1.29, 1.82) is 0 Å². The van der Waals surface area contributed by atoms with Crippen molar-refractivity contribution in [3.8, 4) is 0 Å². The number of carbonyl (C=O) groups excluding carboxylic acids is 1. The molecular weight excluding hydrogens is 174 g/mol. The second-order valence-electron chi connectivity index (χ2n) is 4.02. The third kappa shape index (κ3) is 1.95. The molecule has 0 spiro atoms. The normalized spacial score (nSPS) is 11.4. The Kier molecular flexibility index (Phi) is 2.94. The summed E-state index contributed by atoms with van der Waals surface area (Å²) < 4.78 is 0. The van der Waals surface area contributed by atoms with Crippen molar-refractivity contribution >= 4 is 11.5 Å². The molecule has 0 atom stereocenters. The Hall–Kier alpha value is -1.31. The summed E-state index contributed by atoms with van der Waals surface area (Å²) in [7, 11) is 0. The van der Waals surface area contributed by atoms with Crippen LogP contribution >= 0.6 is 0 Å². The zero-order valence-electron chi connectivity index (χ0n) is 9.00. The van der Waals surface area contributed by atoms with Crippen molar-refractivity contribution in [2.45, 2.75) is 32.6 Å². The highest BCUT2D eigenvalue weighted by atomic mass is 16.1. The number of anilines is 1. The Bertz CT molecular complexity index is 325. The van der Waals surface area contributed by atoms with Crippen molar-refractivity contribution in [3.63, 3.8) is 0 Å². The van der Waals surface area contributed by atoms with Gasteiger partial charge in [-0.1, -0.05) is 19.1 Å². The van der Waals surface area contributed by atoms with Crippen LogP contribution in [0.15, 0.2) is 24.3 Å². The van der Waals surface area contributed by atoms with Gasteiger partial charge >= 0.3 is 0 Å². The van der Waals surface area contributed by atoms with Crippen LogP contribution in [0.3, 0.4) is 0 Å². The maximum absolute atomic E-state index is 11.7. The van der Waals surface area contributed by atoms with E-state index in [1.165, 1.54) is 0 Å². The third-order valence-corrected chi connectivity index (χ3v) is 2.65. The molecule has 0 aliphatic carbocycles. The molecule has 0 unspecified atom stereocenters. The van der Waals surface area contributed by atoms with Gasteiger partial charge in [-0.05, 0) is 31.5 Å². The first-order valence-electron chi connectivity index (χ1n) is 4.87. The first kappa shape index (κ1) is 10.8. The highest BCUT2D eigenvalue weighted by molar-refractivity contribution is 5.89. The lowest BCUT2D eigenvalue weighted by Crippen LogP contribution is -2.28. The first-order valence-corrected chi connectivity index (χ1v) is 4.87. The van der Waals surface area contributed by atoms with E-state index in [0.29, 0.717) is 6.42 Å². The highest BCUT2D eigenvalue weighted by Gasteiger charge is 2.27. The van der Waals surface area contributed by atoms with Crippen molar-refractivity contribution in [3.05, 3.63) is 29.8 Å². The highest BCUT2D eigenvalue weighted by Crippen LogP contribution is 2.26. The topological polar surface area (TPSA) is 43.1 Å². The van der Waals surface area contributed by atoms with Crippen LogP contribution < -0.4 is 5.73 Å². The molecular formula is C12H17NO. The van der Waals surface area contributed by atoms with E-state index < -0.39 is 5.41 Å². The van der Waals surface area contributed by atoms with Crippen LogP contribution in [0.25, 0.3) is 0 Å². The van der Waals surface area contributed by atoms with E-state index in [0.717, 1.165) is 11.3 Å². The molecule has 0 aromatic heterocycles. The second-order valence-corrected chi connectivity index (χ2v) is 4.02. The molecule has 0 aliphatic rings. The maximum Gasteiger partial charge on any atom is 0.142 e. The van der Waals surface area contributed by atoms with E-state index in [9.17, 15) is 4.79 Å². The molecule has 0 bridgehead atoms. The quantitative estimate of drug-likeness (QED) is 0.746. The number of nitrogen functional groups attached to an aromatic ring is 1. The summed E-state index contributed by atoms with van der Waals surface area (Å²) in [5.74, 6) is 0.252. The molecule has 0 amide bonds. The van der Waals surface area contributed by atoms with Crippen LogP contribution in [0.2, 0.25) is 0 Å². The fourth-order valence-electron chi connectivity index (χ4n) is 1.50. The number of rotatable bonds is 3. The Morgan fingerprint density at radius 3 is 2.21 bits per heavy atom. The van der Waals surface area contributed by atoms with E-state index in [2.05, 4.69) is 0 Å². The van der Waals surface area contributed by atoms with E-state index >= 15 is 0 Å². The van der Waals surface area contributed by atoms with Crippen LogP contribution in [0.1, 0.15) is 32.8 Å². The molecule has 1 aromatic carbocycles. The second kappa shape index (κ2) is 3.82. The maximum atomic E-state index is 11.7. The molecule has 0 heterocycles. The molecule has 1 rings (SSSR count). The lowest BCUT2D eigenvalue weighted by Gasteiger charge is -2.23. The number of benzene rings is 1. The average Bonchev–Trinajstić information content (AvgIpc) is 2.17. The number of nitrogens with two attached hydrogens (primary N) is 1. The van der Waals surface area contributed by atoms with Gasteiger partial charge in [0.1, 0.15) is 5.78 Å². The molecule has 0 fully saturated rings. The minimum atomic E-state index is -0.400. The van der Waals surface area contributed by atoms with Crippen LogP contribution in [-0.4, -0.2) is 5.78 Å². The molecule has 2 nitrogen and oxygen atoms in total. The minimum absolute atomic E-state index is 0.252. The molecule has 0 saturated heterocycles. The van der Waals surface area contributed by atoms with E-state index in [-0.39, 0.29) is 5.78 Å². The van der Waals surface area contributed by atoms with Gasteiger partial charge in [0.05, 0.1) is 0 Å². The largest absolute Gasteiger partial charge is 0.399 e. The van der Waals surface area contributed by atoms with Crippen LogP contribution in [-0.2, 0) is 10.2 Å². The zero-order chi connectivity index (χ0) is 10.8. The summed E-state index contributed by atoms with van der Waals surface area (Å²) in [6.07, 6.45) is 0.567. The molecule has 0 aliphatic heterocycles. The number of ketones is 1. The fourth-order valence-corrected chi connectivity index (χ4v) is 1.50. The van der Waals surface area contributed by atoms with E-state index in [1.54, 1.807) is 0 Å². The zero-order valence-corrected chi connectivity index (χ0v) is 9.00. The third-order valence-electron chi connectivity index (χ3n) is 2.65. The van der Waals surface area contributed by atoms with Crippen LogP contribution in [0.5, 0.6) is 0 Å². The summed E-state index contributed by atoms with van der Waals surface area (Å²) >= 11 is 0. The lowest BCUT2D eigenvalue weighted by atomic mass is 9.79. The van der Waals surface area contributed by atoms with Crippen molar-refractivity contribution in [1.82, 2.24) is 0 Å². The van der Waals surface area contributed by atoms with Gasteiger partial charge in [0.15, 0.2) is 0 Å². The number of hydrogen-bond acceptors (Lipinski definition) is 2. The van der Waals surface area contributed by atoms with Gasteiger partial charge in [-0.15, -0.1) is 0 Å². The SMILES string of the molecule is CCC(=O)C(C)(C)c1ccc(N)cc1. The van der Waals surface area contributed by atoms with Gasteiger partial charge < -0.3 is 5.73 Å². The summed E-state index contributed by atoms with van der Waals surface area (Å²) in [6, 6.07) is 7.51. The molecule has 76 valence electrons. The van der Waals surface area contributed by atoms with Gasteiger partial charge in [0.2, 0.25) is 0 Å². The Labute approximate surface area is 85.1 Å². The van der Waals surface area contributed by atoms with Gasteiger partial charge in [-0.25, -0.2) is 0 Å². The van der Waals surface area contributed by atoms with Crippen LogP contribution in [0, 0.1) is 0 Å². The van der Waals surface area contributed by atoms with Crippen molar-refractivity contribution in [2.75, 3.05) is 5.73 Å². The van der Waals surface area contributed by atoms with Gasteiger partial charge in [-0.2, -0.15) is 0 Å². The fraction of sp³-hybridized carbons (Fsp3) is 0.417. The summed E-state index contributed by atoms with van der Waals surface area (Å²) in [5, 5.41) is 0. The van der Waals surface area contributed by atoms with Crippen LogP contribution in [0.4, 0.5) is 5.69 Å². The van der Waals surface area contributed by atoms with Crippen molar-refractivity contribution < 1.29 is 4.79 Å². The summed E-state index contributed by atoms with van der Waals surface area (Å²) in [4.78, 5) is 11.7. The molecule has 2 heteroatoms. The number of Topliss-reactive ketones (excluding diaryl/α,β-unsaturated/α-hetero) is 1. The predicted molar refractivity (Wildman–Crippen MR) is 59.2 cm³/mol. The van der Waals surface area contributed by atoms with Gasteiger partial charge in [0.25, 0.3) is 0 Å². The molecule has 2 N–H and O–H groups in total. The van der Waals surface area contributed by atoms with Crippen molar-refractivity contribution in [2.24, 2.45) is 0 Å². The number of hydrogen-bond donors (Lipinski definition) is 1.